The number of benzene rings is 6. The topological polar surface area (TPSA) is 160 Å². The Balaban J connectivity index is 0.823. The maximum Gasteiger partial charge on any atom is 0.272 e. The Bertz CT molecular complexity index is 4240. The van der Waals surface area contributed by atoms with Crippen LogP contribution in [0.15, 0.2) is 170 Å². The predicted octanol–water partition coefficient (Wildman–Crippen LogP) is 14.0. The van der Waals surface area contributed by atoms with Crippen molar-refractivity contribution >= 4 is 17.7 Å². The number of nitrogens with zero attached hydrogens (tertiary/aromatic N) is 6. The molecule has 0 radical (unpaired) electrons. The Morgan fingerprint density at radius 1 is 0.446 bits per heavy atom. The number of carbonyl (C=O) groups excluding carboxylic acids is 3. The largest absolute Gasteiger partial charge is 0.392 e. The molecule has 3 saturated heterocycles. The van der Waals surface area contributed by atoms with Crippen LogP contribution in [-0.4, -0.2) is 102 Å². The minimum absolute atomic E-state index is 0.00813. The molecular formula is C77H73F3N6O6. The molecule has 1 saturated carbocycles. The highest BCUT2D eigenvalue weighted by atomic mass is 19.1. The normalized spacial score (nSPS) is 18.0. The molecule has 0 bridgehead atoms. The fraction of sp³-hybridized carbons (Fsp3) is 0.299. The van der Waals surface area contributed by atoms with Gasteiger partial charge in [-0.25, -0.2) is 28.1 Å². The van der Waals surface area contributed by atoms with Crippen LogP contribution in [0.2, 0.25) is 0 Å². The zero-order chi connectivity index (χ0) is 63.7. The van der Waals surface area contributed by atoms with Crippen molar-refractivity contribution in [2.75, 3.05) is 39.3 Å². The van der Waals surface area contributed by atoms with Gasteiger partial charge in [0, 0.05) is 62.9 Å². The number of amides is 3. The first kappa shape index (κ1) is 61.7. The first-order valence-electron chi connectivity index (χ1n) is 32.0. The van der Waals surface area contributed by atoms with Crippen molar-refractivity contribution in [1.82, 2.24) is 29.7 Å². The second-order valence-corrected chi connectivity index (χ2v) is 25.4. The molecule has 0 spiro atoms. The summed E-state index contributed by atoms with van der Waals surface area (Å²) in [5, 5.41) is 33.2. The highest BCUT2D eigenvalue weighted by Crippen LogP contribution is 2.49. The van der Waals surface area contributed by atoms with E-state index in [2.05, 4.69) is 138 Å². The first-order valence-corrected chi connectivity index (χ1v) is 32.0. The maximum absolute atomic E-state index is 13.8. The number of rotatable bonds is 18. The number of carbonyl (C=O) groups is 3. The van der Waals surface area contributed by atoms with Gasteiger partial charge >= 0.3 is 0 Å². The number of aromatic nitrogens is 3. The van der Waals surface area contributed by atoms with Crippen molar-refractivity contribution in [1.29, 1.82) is 0 Å². The van der Waals surface area contributed by atoms with Crippen molar-refractivity contribution in [3.63, 3.8) is 0 Å². The van der Waals surface area contributed by atoms with Crippen LogP contribution in [0.4, 0.5) is 13.2 Å². The van der Waals surface area contributed by atoms with Gasteiger partial charge in [-0.2, -0.15) is 0 Å². The van der Waals surface area contributed by atoms with Crippen LogP contribution in [0, 0.1) is 17.5 Å². The molecule has 9 aromatic rings. The number of hydrogen-bond acceptors (Lipinski definition) is 9. The van der Waals surface area contributed by atoms with Gasteiger partial charge in [-0.05, 0) is 200 Å². The van der Waals surface area contributed by atoms with Gasteiger partial charge < -0.3 is 30.0 Å². The lowest BCUT2D eigenvalue weighted by atomic mass is 9.79. The van der Waals surface area contributed by atoms with Crippen molar-refractivity contribution in [3.8, 4) is 33.4 Å². The van der Waals surface area contributed by atoms with Crippen LogP contribution in [-0.2, 0) is 26.2 Å². The van der Waals surface area contributed by atoms with Crippen LogP contribution in [0.5, 0.6) is 0 Å². The van der Waals surface area contributed by atoms with E-state index in [1.54, 1.807) is 14.7 Å². The quantitative estimate of drug-likeness (QED) is 0.0760. The Morgan fingerprint density at radius 3 is 1.35 bits per heavy atom. The number of likely N-dealkylation sites (tertiary alicyclic amines) is 3. The second kappa shape index (κ2) is 26.6. The van der Waals surface area contributed by atoms with E-state index < -0.39 is 17.5 Å². The Labute approximate surface area is 534 Å². The summed E-state index contributed by atoms with van der Waals surface area (Å²) in [6.45, 7) is 6.83. The fourth-order valence-corrected chi connectivity index (χ4v) is 14.7. The van der Waals surface area contributed by atoms with E-state index in [4.69, 9.17) is 0 Å². The average Bonchev–Trinajstić information content (AvgIpc) is 1.43. The molecule has 1 aliphatic carbocycles. The second-order valence-electron chi connectivity index (χ2n) is 25.4. The Morgan fingerprint density at radius 2 is 0.891 bits per heavy atom. The lowest BCUT2D eigenvalue weighted by molar-refractivity contribution is 0.0777. The van der Waals surface area contributed by atoms with Crippen LogP contribution in [0.1, 0.15) is 174 Å². The lowest BCUT2D eigenvalue weighted by Gasteiger charge is -2.25. The molecule has 3 N–H and O–H groups in total. The molecule has 3 unspecified atom stereocenters. The monoisotopic (exact) mass is 1230 g/mol. The Kier molecular flexibility index (Phi) is 17.8. The first-order chi connectivity index (χ1) is 44.7. The minimum Gasteiger partial charge on any atom is -0.392 e. The molecule has 6 heterocycles. The highest BCUT2D eigenvalue weighted by molar-refractivity contribution is 5.94. The molecule has 3 aromatic heterocycles. The van der Waals surface area contributed by atoms with Gasteiger partial charge in [-0.3, -0.25) is 14.4 Å². The molecule has 3 aliphatic heterocycles. The van der Waals surface area contributed by atoms with E-state index in [0.29, 0.717) is 64.4 Å². The van der Waals surface area contributed by atoms with Crippen LogP contribution < -0.4 is 0 Å². The fourth-order valence-electron chi connectivity index (χ4n) is 14.7. The molecule has 15 heteroatoms. The van der Waals surface area contributed by atoms with E-state index in [1.807, 2.05) is 6.07 Å². The number of aliphatic hydroxyl groups excluding tert-OH is 3. The number of halogens is 3. The van der Waals surface area contributed by atoms with Gasteiger partial charge in [0.05, 0.1) is 38.4 Å². The van der Waals surface area contributed by atoms with Crippen molar-refractivity contribution < 1.29 is 42.9 Å². The third-order valence-electron chi connectivity index (χ3n) is 19.7. The van der Waals surface area contributed by atoms with Crippen LogP contribution in [0.3, 0.4) is 0 Å². The standard InChI is InChI=1S/C77H73F3N6O6/c1-46(62-6-3-4-7-68(62)50-13-20-65(56(34-50)43-87)53-26-29-84(40-53)75(90)71-23-16-59(78)37-81-71)32-48-10-19-63(70(33-48)51-14-21-66(57(35-51)44-88)54-27-30-85(41-54)76(91)72-24-17-60(79)38-82-72)47(2)64-8-5-9-69(49-11-12-49)74(64)52-15-22-67(58(36-52)45-89)55-28-31-86(42-55)77(92)73-25-18-61(80)39-83-73/h3-10,13-25,33-39,46-47,49,53-55,87-89H,11-12,26-32,40-45H2,1-2H3/t46?,47?,53-,54?,55+/m0/s1. The van der Waals surface area contributed by atoms with Crippen LogP contribution in [0.25, 0.3) is 33.4 Å². The summed E-state index contributed by atoms with van der Waals surface area (Å²) in [5.74, 6) is -2.03. The van der Waals surface area contributed by atoms with E-state index in [0.717, 1.165) is 127 Å². The number of aliphatic hydroxyl groups is 3. The van der Waals surface area contributed by atoms with Gasteiger partial charge in [0.25, 0.3) is 17.7 Å². The molecule has 12 nitrogen and oxygen atoms in total. The van der Waals surface area contributed by atoms with Crippen molar-refractivity contribution in [3.05, 3.63) is 266 Å². The maximum atomic E-state index is 13.8. The van der Waals surface area contributed by atoms with E-state index in [1.165, 1.54) is 42.0 Å². The summed E-state index contributed by atoms with van der Waals surface area (Å²) in [6, 6.07) is 48.8. The molecule has 4 aliphatic rings. The summed E-state index contributed by atoms with van der Waals surface area (Å²) in [6.07, 6.45) is 8.14. The molecular weight excluding hydrogens is 1160 g/mol. The third kappa shape index (κ3) is 12.7. The lowest BCUT2D eigenvalue weighted by Crippen LogP contribution is -2.29. The molecule has 3 amide bonds. The molecule has 468 valence electrons. The van der Waals surface area contributed by atoms with Gasteiger partial charge in [0.2, 0.25) is 0 Å². The van der Waals surface area contributed by atoms with Gasteiger partial charge in [-0.1, -0.05) is 111 Å². The zero-order valence-electron chi connectivity index (χ0n) is 51.6. The average molecular weight is 1240 g/mol. The molecule has 4 fully saturated rings. The summed E-state index contributed by atoms with van der Waals surface area (Å²) in [4.78, 5) is 57.8. The van der Waals surface area contributed by atoms with Gasteiger partial charge in [0.15, 0.2) is 0 Å². The molecule has 5 atom stereocenters. The zero-order valence-corrected chi connectivity index (χ0v) is 51.6. The molecule has 92 heavy (non-hydrogen) atoms. The SMILES string of the molecule is CC(Cc1ccc(C(C)c2cccc(C3CC3)c2-c2ccc([C@@H]3CCN(C(=O)c4ccc(F)cn4)C3)c(CO)c2)c(-c2ccc(C3CCN(C(=O)c4ccc(F)cn4)C3)c(CO)c2)c1)c1ccccc1-c1ccc([C@H]2CCN(C(=O)c3ccc(F)cn3)C2)c(CO)c1. The van der Waals surface area contributed by atoms with Crippen LogP contribution >= 0.6 is 0 Å². The smallest absolute Gasteiger partial charge is 0.272 e. The van der Waals surface area contributed by atoms with Crippen molar-refractivity contribution in [2.45, 2.75) is 108 Å². The third-order valence-corrected chi connectivity index (χ3v) is 19.7. The summed E-state index contributed by atoms with van der Waals surface area (Å²) in [7, 11) is 0. The number of hydrogen-bond donors (Lipinski definition) is 3. The summed E-state index contributed by atoms with van der Waals surface area (Å²) < 4.78 is 41.2. The Hall–Kier alpha value is -9.15. The van der Waals surface area contributed by atoms with Gasteiger partial charge in [-0.15, -0.1) is 0 Å². The van der Waals surface area contributed by atoms with E-state index in [-0.39, 0.29) is 84.2 Å². The molecule has 13 rings (SSSR count). The minimum atomic E-state index is -0.510. The summed E-state index contributed by atoms with van der Waals surface area (Å²) in [5.41, 5.74) is 17.9. The molecule has 6 aromatic carbocycles. The van der Waals surface area contributed by atoms with Gasteiger partial charge in [0.1, 0.15) is 34.5 Å². The van der Waals surface area contributed by atoms with E-state index >= 15 is 0 Å². The van der Waals surface area contributed by atoms with E-state index in [9.17, 15) is 42.9 Å². The predicted molar refractivity (Wildman–Crippen MR) is 347 cm³/mol. The summed E-state index contributed by atoms with van der Waals surface area (Å²) >= 11 is 0. The number of pyridine rings is 3. The van der Waals surface area contributed by atoms with Crippen molar-refractivity contribution in [2.24, 2.45) is 0 Å². The highest BCUT2D eigenvalue weighted by Gasteiger charge is 2.35.